The summed E-state index contributed by atoms with van der Waals surface area (Å²) in [5.41, 5.74) is 5.51. The summed E-state index contributed by atoms with van der Waals surface area (Å²) in [6.45, 7) is 3.91. The predicted molar refractivity (Wildman–Crippen MR) is 80.6 cm³/mol. The standard InChI is InChI=1S/C17H16N2O/c1-11-8-9-14(17(20)12(11)2)16-10-15(18-19-16)13-6-4-3-5-7-13/h3-10,20H,1-2H3,(H,18,19). The van der Waals surface area contributed by atoms with Gasteiger partial charge in [0.25, 0.3) is 0 Å². The molecule has 3 nitrogen and oxygen atoms in total. The van der Waals surface area contributed by atoms with Crippen molar-refractivity contribution in [2.24, 2.45) is 0 Å². The van der Waals surface area contributed by atoms with E-state index in [1.165, 1.54) is 0 Å². The van der Waals surface area contributed by atoms with E-state index in [4.69, 9.17) is 0 Å². The van der Waals surface area contributed by atoms with Crippen molar-refractivity contribution in [2.75, 3.05) is 0 Å². The van der Waals surface area contributed by atoms with E-state index >= 15 is 0 Å². The van der Waals surface area contributed by atoms with Crippen LogP contribution >= 0.6 is 0 Å². The molecular formula is C17H16N2O. The third-order valence-electron chi connectivity index (χ3n) is 3.64. The monoisotopic (exact) mass is 264 g/mol. The van der Waals surface area contributed by atoms with Crippen molar-refractivity contribution in [1.82, 2.24) is 10.2 Å². The molecule has 0 spiro atoms. The number of rotatable bonds is 2. The van der Waals surface area contributed by atoms with Crippen LogP contribution in [0.4, 0.5) is 0 Å². The van der Waals surface area contributed by atoms with Crippen molar-refractivity contribution in [1.29, 1.82) is 0 Å². The molecule has 3 heteroatoms. The number of H-pyrrole nitrogens is 1. The lowest BCUT2D eigenvalue weighted by molar-refractivity contribution is 0.472. The second-order valence-electron chi connectivity index (χ2n) is 4.94. The zero-order valence-corrected chi connectivity index (χ0v) is 11.5. The topological polar surface area (TPSA) is 48.9 Å². The van der Waals surface area contributed by atoms with Gasteiger partial charge in [-0.25, -0.2) is 0 Å². The van der Waals surface area contributed by atoms with Crippen LogP contribution in [0, 0.1) is 13.8 Å². The molecular weight excluding hydrogens is 248 g/mol. The molecule has 0 aliphatic rings. The Balaban J connectivity index is 2.05. The highest BCUT2D eigenvalue weighted by atomic mass is 16.3. The number of aryl methyl sites for hydroxylation is 1. The number of nitrogens with one attached hydrogen (secondary N) is 1. The Labute approximate surface area is 117 Å². The molecule has 2 aromatic carbocycles. The van der Waals surface area contributed by atoms with Crippen molar-refractivity contribution in [3.8, 4) is 28.3 Å². The molecule has 0 atom stereocenters. The van der Waals surface area contributed by atoms with Gasteiger partial charge in [-0.2, -0.15) is 5.10 Å². The number of hydrogen-bond donors (Lipinski definition) is 2. The Hall–Kier alpha value is -2.55. The molecule has 0 saturated heterocycles. The van der Waals surface area contributed by atoms with E-state index in [0.29, 0.717) is 5.75 Å². The molecule has 0 aliphatic heterocycles. The molecule has 0 unspecified atom stereocenters. The van der Waals surface area contributed by atoms with Crippen LogP contribution in [0.1, 0.15) is 11.1 Å². The summed E-state index contributed by atoms with van der Waals surface area (Å²) in [5.74, 6) is 0.313. The molecule has 1 aromatic heterocycles. The van der Waals surface area contributed by atoms with Crippen molar-refractivity contribution in [3.63, 3.8) is 0 Å². The van der Waals surface area contributed by atoms with Gasteiger partial charge in [-0.3, -0.25) is 5.10 Å². The van der Waals surface area contributed by atoms with Gasteiger partial charge in [-0.05, 0) is 37.1 Å². The van der Waals surface area contributed by atoms with E-state index in [9.17, 15) is 5.11 Å². The Kier molecular flexibility index (Phi) is 3.03. The fraction of sp³-hybridized carbons (Fsp3) is 0.118. The number of aromatic hydroxyl groups is 1. The smallest absolute Gasteiger partial charge is 0.128 e. The van der Waals surface area contributed by atoms with Crippen LogP contribution in [0.15, 0.2) is 48.5 Å². The molecule has 0 saturated carbocycles. The third kappa shape index (κ3) is 2.07. The summed E-state index contributed by atoms with van der Waals surface area (Å²) in [6.07, 6.45) is 0. The fourth-order valence-corrected chi connectivity index (χ4v) is 2.23. The van der Waals surface area contributed by atoms with Crippen molar-refractivity contribution in [2.45, 2.75) is 13.8 Å². The van der Waals surface area contributed by atoms with Gasteiger partial charge in [0.15, 0.2) is 0 Å². The molecule has 0 radical (unpaired) electrons. The number of phenols is 1. The maximum Gasteiger partial charge on any atom is 0.128 e. The van der Waals surface area contributed by atoms with Crippen LogP contribution in [0.5, 0.6) is 5.75 Å². The van der Waals surface area contributed by atoms with E-state index in [1.807, 2.05) is 62.4 Å². The molecule has 0 bridgehead atoms. The van der Waals surface area contributed by atoms with Gasteiger partial charge in [-0.1, -0.05) is 36.4 Å². The van der Waals surface area contributed by atoms with Gasteiger partial charge in [-0.15, -0.1) is 0 Å². The van der Waals surface area contributed by atoms with E-state index in [-0.39, 0.29) is 0 Å². The highest BCUT2D eigenvalue weighted by molar-refractivity contribution is 5.73. The lowest BCUT2D eigenvalue weighted by Crippen LogP contribution is -1.86. The summed E-state index contributed by atoms with van der Waals surface area (Å²) in [7, 11) is 0. The van der Waals surface area contributed by atoms with Crippen molar-refractivity contribution >= 4 is 0 Å². The maximum atomic E-state index is 10.3. The Morgan fingerprint density at radius 1 is 1.00 bits per heavy atom. The molecule has 0 amide bonds. The van der Waals surface area contributed by atoms with E-state index in [0.717, 1.165) is 33.6 Å². The summed E-state index contributed by atoms with van der Waals surface area (Å²) < 4.78 is 0. The molecule has 20 heavy (non-hydrogen) atoms. The fourth-order valence-electron chi connectivity index (χ4n) is 2.23. The number of aromatic nitrogens is 2. The molecule has 1 heterocycles. The van der Waals surface area contributed by atoms with Gasteiger partial charge < -0.3 is 5.11 Å². The van der Waals surface area contributed by atoms with Gasteiger partial charge in [0.1, 0.15) is 5.75 Å². The third-order valence-corrected chi connectivity index (χ3v) is 3.64. The molecule has 2 N–H and O–H groups in total. The predicted octanol–water partition coefficient (Wildman–Crippen LogP) is 4.07. The number of benzene rings is 2. The van der Waals surface area contributed by atoms with E-state index < -0.39 is 0 Å². The number of aromatic amines is 1. The minimum Gasteiger partial charge on any atom is -0.507 e. The number of phenolic OH excluding ortho intramolecular Hbond substituents is 1. The first kappa shape index (κ1) is 12.5. The lowest BCUT2D eigenvalue weighted by Gasteiger charge is -2.07. The Morgan fingerprint density at radius 3 is 2.50 bits per heavy atom. The van der Waals surface area contributed by atoms with Crippen LogP contribution < -0.4 is 0 Å². The molecule has 0 fully saturated rings. The average molecular weight is 264 g/mol. The van der Waals surface area contributed by atoms with Gasteiger partial charge in [0, 0.05) is 11.1 Å². The van der Waals surface area contributed by atoms with E-state index in [1.54, 1.807) is 0 Å². The quantitative estimate of drug-likeness (QED) is 0.733. The first-order chi connectivity index (χ1) is 9.66. The molecule has 3 aromatic rings. The average Bonchev–Trinajstić information content (AvgIpc) is 2.95. The minimum absolute atomic E-state index is 0.313. The molecule has 3 rings (SSSR count). The van der Waals surface area contributed by atoms with E-state index in [2.05, 4.69) is 10.2 Å². The maximum absolute atomic E-state index is 10.3. The first-order valence-electron chi connectivity index (χ1n) is 6.57. The zero-order valence-electron chi connectivity index (χ0n) is 11.5. The lowest BCUT2D eigenvalue weighted by atomic mass is 10.0. The second kappa shape index (κ2) is 4.85. The van der Waals surface area contributed by atoms with Crippen LogP contribution in [0.3, 0.4) is 0 Å². The molecule has 0 aliphatic carbocycles. The van der Waals surface area contributed by atoms with Gasteiger partial charge in [0.2, 0.25) is 0 Å². The Morgan fingerprint density at radius 2 is 1.75 bits per heavy atom. The second-order valence-corrected chi connectivity index (χ2v) is 4.94. The van der Waals surface area contributed by atoms with Crippen LogP contribution in [-0.2, 0) is 0 Å². The highest BCUT2D eigenvalue weighted by Gasteiger charge is 2.11. The van der Waals surface area contributed by atoms with Crippen molar-refractivity contribution < 1.29 is 5.11 Å². The largest absolute Gasteiger partial charge is 0.507 e. The zero-order chi connectivity index (χ0) is 14.1. The van der Waals surface area contributed by atoms with Gasteiger partial charge >= 0.3 is 0 Å². The van der Waals surface area contributed by atoms with Crippen LogP contribution in [0.25, 0.3) is 22.5 Å². The first-order valence-corrected chi connectivity index (χ1v) is 6.57. The van der Waals surface area contributed by atoms with Gasteiger partial charge in [0.05, 0.1) is 11.4 Å². The summed E-state index contributed by atoms with van der Waals surface area (Å²) in [4.78, 5) is 0. The van der Waals surface area contributed by atoms with Crippen molar-refractivity contribution in [3.05, 3.63) is 59.7 Å². The van der Waals surface area contributed by atoms with Crippen LogP contribution in [0.2, 0.25) is 0 Å². The SMILES string of the molecule is Cc1ccc(-c2cc(-c3ccccc3)n[nH]2)c(O)c1C. The number of nitrogens with zero attached hydrogens (tertiary/aromatic N) is 1. The molecule has 100 valence electrons. The minimum atomic E-state index is 0.313. The summed E-state index contributed by atoms with van der Waals surface area (Å²) in [5, 5.41) is 17.6. The highest BCUT2D eigenvalue weighted by Crippen LogP contribution is 2.33. The summed E-state index contributed by atoms with van der Waals surface area (Å²) in [6, 6.07) is 15.9. The Bertz CT molecular complexity index is 745. The van der Waals surface area contributed by atoms with Crippen LogP contribution in [-0.4, -0.2) is 15.3 Å². The number of hydrogen-bond acceptors (Lipinski definition) is 2. The summed E-state index contributed by atoms with van der Waals surface area (Å²) >= 11 is 0. The normalized spacial score (nSPS) is 10.7.